The predicted octanol–water partition coefficient (Wildman–Crippen LogP) is 4.55. The van der Waals surface area contributed by atoms with Gasteiger partial charge in [0.05, 0.1) is 11.5 Å². The molecule has 206 valence electrons. The van der Waals surface area contributed by atoms with Crippen molar-refractivity contribution in [2.75, 3.05) is 32.7 Å². The summed E-state index contributed by atoms with van der Waals surface area (Å²) in [6.07, 6.45) is -1.92. The number of nitrogens with one attached hydrogen (secondary N) is 1. The molecule has 5 nitrogen and oxygen atoms in total. The van der Waals surface area contributed by atoms with Crippen LogP contribution in [-0.2, 0) is 23.1 Å². The molecule has 2 saturated heterocycles. The van der Waals surface area contributed by atoms with Crippen molar-refractivity contribution in [1.82, 2.24) is 13.9 Å². The number of nitrogens with zero attached hydrogens (tertiary/aromatic N) is 2. The Labute approximate surface area is 213 Å². The number of fused-ring (bicyclic) bond motifs is 1. The summed E-state index contributed by atoms with van der Waals surface area (Å²) in [6, 6.07) is 6.02. The fourth-order valence-electron chi connectivity index (χ4n) is 6.75. The second-order valence-corrected chi connectivity index (χ2v) is 12.6. The zero-order valence-electron chi connectivity index (χ0n) is 20.3. The van der Waals surface area contributed by atoms with Gasteiger partial charge in [0, 0.05) is 13.1 Å². The zero-order valence-corrected chi connectivity index (χ0v) is 21.1. The van der Waals surface area contributed by atoms with Crippen molar-refractivity contribution in [3.05, 3.63) is 41.0 Å². The summed E-state index contributed by atoms with van der Waals surface area (Å²) in [7, 11) is -4.22. The van der Waals surface area contributed by atoms with Gasteiger partial charge in [-0.3, -0.25) is 4.90 Å². The third kappa shape index (κ3) is 5.58. The van der Waals surface area contributed by atoms with E-state index in [0.717, 1.165) is 29.5 Å². The molecule has 0 aromatic heterocycles. The van der Waals surface area contributed by atoms with Crippen molar-refractivity contribution < 1.29 is 34.8 Å². The van der Waals surface area contributed by atoms with Gasteiger partial charge in [-0.15, -0.1) is 0 Å². The Balaban J connectivity index is 1.26. The minimum Gasteiger partial charge on any atom is -0.300 e. The molecule has 4 aliphatic rings. The standard InChI is InChI=1S/C25H31F6N3O2S/c26-24(27,28)16-34-15-23(32-37(34,35)36)21-5-6-22(23)14-19-12-17(3-4-18(19)13-21)2-1-9-33-10-7-20(8-11-33)25(29,30)31/h1-4,12,20-22,32H,5-11,13-16H2/b2-1+/t21-,22-,23-/m1/s1. The van der Waals surface area contributed by atoms with E-state index in [1.54, 1.807) is 0 Å². The highest BCUT2D eigenvalue weighted by Gasteiger charge is 2.60. The van der Waals surface area contributed by atoms with E-state index in [9.17, 15) is 34.8 Å². The van der Waals surface area contributed by atoms with Crippen LogP contribution < -0.4 is 4.72 Å². The Hall–Kier alpha value is -1.63. The molecule has 3 atom stereocenters. The molecule has 0 unspecified atom stereocenters. The molecule has 1 aromatic rings. The summed E-state index contributed by atoms with van der Waals surface area (Å²) in [4.78, 5) is 2.00. The quantitative estimate of drug-likeness (QED) is 0.559. The van der Waals surface area contributed by atoms with Crippen molar-refractivity contribution in [3.63, 3.8) is 0 Å². The van der Waals surface area contributed by atoms with Gasteiger partial charge in [-0.05, 0) is 80.1 Å². The molecule has 37 heavy (non-hydrogen) atoms. The minimum atomic E-state index is -4.61. The van der Waals surface area contributed by atoms with Crippen LogP contribution in [-0.4, -0.2) is 68.2 Å². The van der Waals surface area contributed by atoms with Gasteiger partial charge in [-0.1, -0.05) is 30.4 Å². The molecular formula is C25H31F6N3O2S. The normalized spacial score (nSPS) is 31.3. The minimum absolute atomic E-state index is 0.0761. The lowest BCUT2D eigenvalue weighted by Crippen LogP contribution is -2.52. The van der Waals surface area contributed by atoms with E-state index in [2.05, 4.69) is 4.72 Å². The van der Waals surface area contributed by atoms with Gasteiger partial charge in [0.15, 0.2) is 0 Å². The van der Waals surface area contributed by atoms with Crippen LogP contribution in [0.4, 0.5) is 26.3 Å². The number of halogens is 6. The monoisotopic (exact) mass is 551 g/mol. The molecule has 2 aliphatic carbocycles. The lowest BCUT2D eigenvalue weighted by molar-refractivity contribution is -0.184. The lowest BCUT2D eigenvalue weighted by atomic mass is 9.79. The first-order chi connectivity index (χ1) is 17.3. The van der Waals surface area contributed by atoms with Crippen LogP contribution in [0.15, 0.2) is 24.3 Å². The molecule has 1 saturated carbocycles. The number of hydrogen-bond donors (Lipinski definition) is 1. The molecule has 2 aliphatic heterocycles. The second kappa shape index (κ2) is 9.53. The largest absolute Gasteiger partial charge is 0.402 e. The Bertz CT molecular complexity index is 1140. The van der Waals surface area contributed by atoms with Crippen LogP contribution in [0.2, 0.25) is 0 Å². The molecule has 5 rings (SSSR count). The van der Waals surface area contributed by atoms with E-state index < -0.39 is 40.6 Å². The van der Waals surface area contributed by atoms with Gasteiger partial charge < -0.3 is 0 Å². The number of piperidine rings is 1. The molecular weight excluding hydrogens is 520 g/mol. The summed E-state index contributed by atoms with van der Waals surface area (Å²) in [5.74, 6) is -1.39. The second-order valence-electron chi connectivity index (χ2n) is 11.0. The van der Waals surface area contributed by atoms with Crippen molar-refractivity contribution in [1.29, 1.82) is 0 Å². The first-order valence-electron chi connectivity index (χ1n) is 12.7. The fraction of sp³-hybridized carbons (Fsp3) is 0.680. The average molecular weight is 552 g/mol. The Morgan fingerprint density at radius 3 is 2.24 bits per heavy atom. The molecule has 1 spiro atoms. The van der Waals surface area contributed by atoms with Crippen molar-refractivity contribution >= 4 is 16.3 Å². The van der Waals surface area contributed by atoms with Crippen molar-refractivity contribution in [2.24, 2.45) is 17.8 Å². The predicted molar refractivity (Wildman–Crippen MR) is 127 cm³/mol. The maximum atomic E-state index is 13.1. The summed E-state index contributed by atoms with van der Waals surface area (Å²) in [6.45, 7) is -0.280. The van der Waals surface area contributed by atoms with Crippen LogP contribution in [0.3, 0.4) is 0 Å². The average Bonchev–Trinajstić information content (AvgIpc) is 3.17. The molecule has 0 amide bonds. The lowest BCUT2D eigenvalue weighted by Gasteiger charge is -2.33. The van der Waals surface area contributed by atoms with Crippen LogP contribution in [0, 0.1) is 17.8 Å². The maximum Gasteiger partial charge on any atom is 0.402 e. The van der Waals surface area contributed by atoms with Crippen molar-refractivity contribution in [2.45, 2.75) is 56.4 Å². The van der Waals surface area contributed by atoms with Crippen LogP contribution in [0.5, 0.6) is 0 Å². The maximum absolute atomic E-state index is 13.1. The summed E-state index contributed by atoms with van der Waals surface area (Å²) in [5, 5.41) is 0. The van der Waals surface area contributed by atoms with Gasteiger partial charge in [0.2, 0.25) is 0 Å². The first kappa shape index (κ1) is 27.0. The smallest absolute Gasteiger partial charge is 0.300 e. The SMILES string of the molecule is O=S1(=O)N[C@]2(CN1CC(F)(F)F)[C@@H]1CC[C@@H]2Cc2cc(/C=C/CN3CCC(C(F)(F)F)CC3)ccc2C1. The molecule has 1 aromatic carbocycles. The van der Waals surface area contributed by atoms with Gasteiger partial charge in [0.25, 0.3) is 10.2 Å². The number of hydrogen-bond acceptors (Lipinski definition) is 3. The van der Waals surface area contributed by atoms with Crippen LogP contribution >= 0.6 is 0 Å². The van der Waals surface area contributed by atoms with Gasteiger partial charge in [-0.2, -0.15) is 43.8 Å². The highest BCUT2D eigenvalue weighted by Crippen LogP contribution is 2.50. The number of likely N-dealkylation sites (tertiary alicyclic amines) is 1. The van der Waals surface area contributed by atoms with E-state index >= 15 is 0 Å². The molecule has 12 heteroatoms. The topological polar surface area (TPSA) is 52.7 Å². The molecule has 0 radical (unpaired) electrons. The first-order valence-corrected chi connectivity index (χ1v) is 14.1. The molecule has 2 heterocycles. The summed E-state index contributed by atoms with van der Waals surface area (Å²) < 4.78 is 106. The van der Waals surface area contributed by atoms with Crippen LogP contribution in [0.25, 0.3) is 6.08 Å². The molecule has 3 fully saturated rings. The van der Waals surface area contributed by atoms with Crippen molar-refractivity contribution in [3.8, 4) is 0 Å². The summed E-state index contributed by atoms with van der Waals surface area (Å²) in [5.41, 5.74) is 2.21. The van der Waals surface area contributed by atoms with Gasteiger partial charge >= 0.3 is 12.4 Å². The molecule has 2 bridgehead atoms. The zero-order chi connectivity index (χ0) is 26.6. The van der Waals surface area contributed by atoms with Gasteiger partial charge in [0.1, 0.15) is 6.54 Å². The number of benzene rings is 1. The van der Waals surface area contributed by atoms with Crippen LogP contribution in [0.1, 0.15) is 42.4 Å². The molecule has 1 N–H and O–H groups in total. The Morgan fingerprint density at radius 2 is 1.62 bits per heavy atom. The van der Waals surface area contributed by atoms with Gasteiger partial charge in [-0.25, -0.2) is 0 Å². The summed E-state index contributed by atoms with van der Waals surface area (Å²) >= 11 is 0. The fourth-order valence-corrected chi connectivity index (χ4v) is 8.46. The Morgan fingerprint density at radius 1 is 0.973 bits per heavy atom. The third-order valence-corrected chi connectivity index (χ3v) is 10.2. The Kier molecular flexibility index (Phi) is 6.94. The highest BCUT2D eigenvalue weighted by molar-refractivity contribution is 7.87. The van der Waals surface area contributed by atoms with E-state index in [4.69, 9.17) is 0 Å². The third-order valence-electron chi connectivity index (χ3n) is 8.66. The number of rotatable bonds is 4. The highest BCUT2D eigenvalue weighted by atomic mass is 32.2. The number of alkyl halides is 6. The van der Waals surface area contributed by atoms with E-state index in [1.807, 2.05) is 35.3 Å². The van der Waals surface area contributed by atoms with E-state index in [1.165, 1.54) is 0 Å². The van der Waals surface area contributed by atoms with E-state index in [0.29, 0.717) is 36.8 Å². The van der Waals surface area contributed by atoms with E-state index in [-0.39, 0.29) is 31.2 Å².